The minimum absolute atomic E-state index is 0.0451. The smallest absolute Gasteiger partial charge is 0.244 e. The number of methoxy groups -OCH3 is 1. The van der Waals surface area contributed by atoms with Crippen LogP contribution in [0.1, 0.15) is 39.2 Å². The maximum atomic E-state index is 13.6. The van der Waals surface area contributed by atoms with E-state index in [1.165, 1.54) is 4.90 Å². The van der Waals surface area contributed by atoms with Gasteiger partial charge in [-0.05, 0) is 49.6 Å². The van der Waals surface area contributed by atoms with Crippen LogP contribution in [-0.2, 0) is 26.2 Å². The molecule has 2 aromatic rings. The van der Waals surface area contributed by atoms with Gasteiger partial charge in [0.05, 0.1) is 19.1 Å². The molecule has 2 aromatic carbocycles. The summed E-state index contributed by atoms with van der Waals surface area (Å²) in [5.41, 5.74) is 1.19. The van der Waals surface area contributed by atoms with Crippen molar-refractivity contribution >= 4 is 27.5 Å². The van der Waals surface area contributed by atoms with Crippen molar-refractivity contribution in [3.63, 3.8) is 0 Å². The second-order valence-electron chi connectivity index (χ2n) is 8.22. The normalized spacial score (nSPS) is 13.0. The summed E-state index contributed by atoms with van der Waals surface area (Å²) in [4.78, 5) is 28.1. The number of amides is 2. The summed E-state index contributed by atoms with van der Waals surface area (Å²) in [6, 6.07) is 14.9. The van der Waals surface area contributed by atoms with Gasteiger partial charge in [-0.2, -0.15) is 0 Å². The zero-order chi connectivity index (χ0) is 25.3. The predicted octanol–water partition coefficient (Wildman–Crippen LogP) is 3.18. The van der Waals surface area contributed by atoms with Crippen LogP contribution in [0.25, 0.3) is 0 Å². The Labute approximate surface area is 202 Å². The number of ether oxygens (including phenoxy) is 1. The largest absolute Gasteiger partial charge is 0.497 e. The average molecular weight is 490 g/mol. The quantitative estimate of drug-likeness (QED) is 0.494. The van der Waals surface area contributed by atoms with Gasteiger partial charge >= 0.3 is 0 Å². The Morgan fingerprint density at radius 3 is 2.12 bits per heavy atom. The zero-order valence-corrected chi connectivity index (χ0v) is 21.3. The van der Waals surface area contributed by atoms with Crippen LogP contribution in [-0.4, -0.2) is 57.1 Å². The molecule has 0 spiro atoms. The molecule has 0 aromatic heterocycles. The number of carbonyl (C=O) groups is 2. The van der Waals surface area contributed by atoms with Crippen molar-refractivity contribution in [1.29, 1.82) is 0 Å². The third-order valence-corrected chi connectivity index (χ3v) is 6.76. The van der Waals surface area contributed by atoms with Gasteiger partial charge in [0, 0.05) is 12.6 Å². The molecule has 186 valence electrons. The predicted molar refractivity (Wildman–Crippen MR) is 134 cm³/mol. The molecule has 0 bridgehead atoms. The molecule has 34 heavy (non-hydrogen) atoms. The van der Waals surface area contributed by atoms with Gasteiger partial charge in [-0.3, -0.25) is 13.9 Å². The molecular formula is C25H35N3O5S. The standard InChI is InChI=1S/C25H35N3O5S/c1-6-19(3)26-25(30)23(7-2)27(17-20-13-15-22(33-4)16-14-20)24(29)18-28(34(5,31)32)21-11-9-8-10-12-21/h8-16,19,23H,6-7,17-18H2,1-5H3,(H,26,30)/t19-,23-/m0/s1. The molecule has 0 radical (unpaired) electrons. The van der Waals surface area contributed by atoms with Crippen LogP contribution in [0.5, 0.6) is 5.75 Å². The lowest BCUT2D eigenvalue weighted by Crippen LogP contribution is -2.53. The van der Waals surface area contributed by atoms with Gasteiger partial charge < -0.3 is 15.0 Å². The van der Waals surface area contributed by atoms with E-state index in [0.717, 1.165) is 22.5 Å². The van der Waals surface area contributed by atoms with Crippen LogP contribution >= 0.6 is 0 Å². The number of benzene rings is 2. The Bertz CT molecular complexity index is 1040. The van der Waals surface area contributed by atoms with E-state index in [1.807, 2.05) is 32.9 Å². The first-order chi connectivity index (χ1) is 16.1. The second kappa shape index (κ2) is 12.4. The first-order valence-corrected chi connectivity index (χ1v) is 13.2. The van der Waals surface area contributed by atoms with Gasteiger partial charge in [0.1, 0.15) is 18.3 Å². The molecule has 0 saturated carbocycles. The van der Waals surface area contributed by atoms with Crippen molar-refractivity contribution in [2.75, 3.05) is 24.2 Å². The molecule has 0 fully saturated rings. The van der Waals surface area contributed by atoms with Crippen molar-refractivity contribution in [3.8, 4) is 5.75 Å². The molecule has 2 atom stereocenters. The highest BCUT2D eigenvalue weighted by atomic mass is 32.2. The topological polar surface area (TPSA) is 96.0 Å². The van der Waals surface area contributed by atoms with Gasteiger partial charge in [-0.25, -0.2) is 8.42 Å². The fourth-order valence-corrected chi connectivity index (χ4v) is 4.35. The number of nitrogens with zero attached hydrogens (tertiary/aromatic N) is 2. The second-order valence-corrected chi connectivity index (χ2v) is 10.1. The minimum Gasteiger partial charge on any atom is -0.497 e. The summed E-state index contributed by atoms with van der Waals surface area (Å²) in [6.45, 7) is 5.45. The summed E-state index contributed by atoms with van der Waals surface area (Å²) in [5, 5.41) is 2.95. The van der Waals surface area contributed by atoms with Crippen molar-refractivity contribution in [3.05, 3.63) is 60.2 Å². The lowest BCUT2D eigenvalue weighted by molar-refractivity contribution is -0.140. The summed E-state index contributed by atoms with van der Waals surface area (Å²) >= 11 is 0. The number of rotatable bonds is 12. The monoisotopic (exact) mass is 489 g/mol. The molecule has 0 aliphatic rings. The molecule has 1 N–H and O–H groups in total. The molecule has 2 rings (SSSR count). The number of carbonyl (C=O) groups excluding carboxylic acids is 2. The number of hydrogen-bond donors (Lipinski definition) is 1. The van der Waals surface area contributed by atoms with Crippen molar-refractivity contribution in [2.24, 2.45) is 0 Å². The molecular weight excluding hydrogens is 454 g/mol. The van der Waals surface area contributed by atoms with Crippen molar-refractivity contribution < 1.29 is 22.7 Å². The van der Waals surface area contributed by atoms with Crippen LogP contribution in [0.4, 0.5) is 5.69 Å². The zero-order valence-electron chi connectivity index (χ0n) is 20.5. The van der Waals surface area contributed by atoms with E-state index >= 15 is 0 Å². The van der Waals surface area contributed by atoms with Crippen LogP contribution in [0.3, 0.4) is 0 Å². The average Bonchev–Trinajstić information content (AvgIpc) is 2.82. The number of hydrogen-bond acceptors (Lipinski definition) is 5. The number of sulfonamides is 1. The number of para-hydroxylation sites is 1. The van der Waals surface area contributed by atoms with E-state index in [9.17, 15) is 18.0 Å². The van der Waals surface area contributed by atoms with Crippen molar-refractivity contribution in [2.45, 2.75) is 52.2 Å². The van der Waals surface area contributed by atoms with E-state index in [1.54, 1.807) is 49.6 Å². The highest BCUT2D eigenvalue weighted by Crippen LogP contribution is 2.20. The summed E-state index contributed by atoms with van der Waals surface area (Å²) in [7, 11) is -2.17. The fraction of sp³-hybridized carbons (Fsp3) is 0.440. The molecule has 0 heterocycles. The fourth-order valence-electron chi connectivity index (χ4n) is 3.50. The number of nitrogens with one attached hydrogen (secondary N) is 1. The van der Waals surface area contributed by atoms with Gasteiger partial charge in [-0.15, -0.1) is 0 Å². The number of anilines is 1. The maximum absolute atomic E-state index is 13.6. The van der Waals surface area contributed by atoms with Crippen LogP contribution in [0.15, 0.2) is 54.6 Å². The van der Waals surface area contributed by atoms with Crippen LogP contribution in [0, 0.1) is 0 Å². The van der Waals surface area contributed by atoms with E-state index in [4.69, 9.17) is 4.74 Å². The first-order valence-electron chi connectivity index (χ1n) is 11.4. The first kappa shape index (κ1) is 27.2. The maximum Gasteiger partial charge on any atom is 0.244 e. The van der Waals surface area contributed by atoms with Gasteiger partial charge in [-0.1, -0.05) is 44.2 Å². The lowest BCUT2D eigenvalue weighted by Gasteiger charge is -2.33. The molecule has 2 amide bonds. The summed E-state index contributed by atoms with van der Waals surface area (Å²) in [5.74, 6) is -0.0453. The summed E-state index contributed by atoms with van der Waals surface area (Å²) < 4.78 is 31.3. The Morgan fingerprint density at radius 2 is 1.62 bits per heavy atom. The third-order valence-electron chi connectivity index (χ3n) is 5.62. The van der Waals surface area contributed by atoms with E-state index in [-0.39, 0.29) is 18.5 Å². The van der Waals surface area contributed by atoms with E-state index in [0.29, 0.717) is 17.9 Å². The van der Waals surface area contributed by atoms with Gasteiger partial charge in [0.25, 0.3) is 0 Å². The Kier molecular flexibility index (Phi) is 9.92. The van der Waals surface area contributed by atoms with Crippen LogP contribution in [0.2, 0.25) is 0 Å². The van der Waals surface area contributed by atoms with Crippen LogP contribution < -0.4 is 14.4 Å². The highest BCUT2D eigenvalue weighted by molar-refractivity contribution is 7.92. The highest BCUT2D eigenvalue weighted by Gasteiger charge is 2.32. The van der Waals surface area contributed by atoms with Gasteiger partial charge in [0.15, 0.2) is 0 Å². The van der Waals surface area contributed by atoms with Gasteiger partial charge in [0.2, 0.25) is 21.8 Å². The Morgan fingerprint density at radius 1 is 1.00 bits per heavy atom. The Balaban J connectivity index is 2.40. The molecule has 8 nitrogen and oxygen atoms in total. The third kappa shape index (κ3) is 7.48. The molecule has 0 aliphatic carbocycles. The molecule has 9 heteroatoms. The SMILES string of the molecule is CC[C@H](C)NC(=O)[C@H](CC)N(Cc1ccc(OC)cc1)C(=O)CN(c1ccccc1)S(C)(=O)=O. The summed E-state index contributed by atoms with van der Waals surface area (Å²) in [6.07, 6.45) is 2.20. The Hall–Kier alpha value is -3.07. The molecule has 0 saturated heterocycles. The minimum atomic E-state index is -3.74. The lowest BCUT2D eigenvalue weighted by atomic mass is 10.1. The van der Waals surface area contributed by atoms with E-state index in [2.05, 4.69) is 5.32 Å². The van der Waals surface area contributed by atoms with Crippen molar-refractivity contribution in [1.82, 2.24) is 10.2 Å². The molecule has 0 aliphatic heterocycles. The molecule has 0 unspecified atom stereocenters. The van der Waals surface area contributed by atoms with E-state index < -0.39 is 28.5 Å².